The van der Waals surface area contributed by atoms with E-state index >= 15 is 0 Å². The van der Waals surface area contributed by atoms with E-state index in [0.717, 1.165) is 29.9 Å². The van der Waals surface area contributed by atoms with Gasteiger partial charge in [-0.2, -0.15) is 0 Å². The molecule has 1 saturated heterocycles. The average molecular weight is 356 g/mol. The standard InChI is InChI=1S/C19H18ClN3O2/c20-15-3-4-16-17(10-14-2-1-5-21-12-14)19(24)23(18(16)11-15)13-22-6-8-25-9-7-22/h1-5,10-12H,6-9,13H2. The van der Waals surface area contributed by atoms with Gasteiger partial charge in [-0.05, 0) is 29.8 Å². The van der Waals surface area contributed by atoms with E-state index in [1.165, 1.54) is 0 Å². The number of morpholine rings is 1. The normalized spacial score (nSPS) is 19.5. The fourth-order valence-corrected chi connectivity index (χ4v) is 3.34. The van der Waals surface area contributed by atoms with Crippen LogP contribution in [0.1, 0.15) is 11.1 Å². The first-order chi connectivity index (χ1) is 12.2. The zero-order chi connectivity index (χ0) is 17.2. The predicted octanol–water partition coefficient (Wildman–Crippen LogP) is 2.91. The second-order valence-corrected chi connectivity index (χ2v) is 6.55. The van der Waals surface area contributed by atoms with Crippen molar-refractivity contribution >= 4 is 34.8 Å². The first-order valence-corrected chi connectivity index (χ1v) is 8.64. The predicted molar refractivity (Wildman–Crippen MR) is 98.3 cm³/mol. The van der Waals surface area contributed by atoms with E-state index in [4.69, 9.17) is 16.3 Å². The van der Waals surface area contributed by atoms with Gasteiger partial charge in [0.2, 0.25) is 0 Å². The van der Waals surface area contributed by atoms with Crippen LogP contribution in [0.2, 0.25) is 5.02 Å². The van der Waals surface area contributed by atoms with Crippen molar-refractivity contribution in [2.45, 2.75) is 0 Å². The second kappa shape index (κ2) is 6.96. The number of ether oxygens (including phenoxy) is 1. The van der Waals surface area contributed by atoms with Crippen LogP contribution >= 0.6 is 11.6 Å². The lowest BCUT2D eigenvalue weighted by atomic mass is 10.1. The molecule has 0 unspecified atom stereocenters. The summed E-state index contributed by atoms with van der Waals surface area (Å²) < 4.78 is 5.40. The number of benzene rings is 1. The molecule has 2 aliphatic rings. The molecule has 6 heteroatoms. The number of carbonyl (C=O) groups is 1. The van der Waals surface area contributed by atoms with Crippen LogP contribution < -0.4 is 4.90 Å². The molecule has 0 radical (unpaired) electrons. The van der Waals surface area contributed by atoms with Gasteiger partial charge in [0.15, 0.2) is 0 Å². The average Bonchev–Trinajstić information content (AvgIpc) is 2.89. The van der Waals surface area contributed by atoms with E-state index in [2.05, 4.69) is 9.88 Å². The van der Waals surface area contributed by atoms with Crippen molar-refractivity contribution in [2.24, 2.45) is 0 Å². The summed E-state index contributed by atoms with van der Waals surface area (Å²) in [6.45, 7) is 3.58. The van der Waals surface area contributed by atoms with Crippen LogP contribution in [-0.2, 0) is 9.53 Å². The van der Waals surface area contributed by atoms with Crippen LogP contribution in [0.4, 0.5) is 5.69 Å². The highest BCUT2D eigenvalue weighted by Gasteiger charge is 2.33. The van der Waals surface area contributed by atoms with Crippen molar-refractivity contribution in [1.82, 2.24) is 9.88 Å². The largest absolute Gasteiger partial charge is 0.379 e. The van der Waals surface area contributed by atoms with Crippen molar-refractivity contribution in [3.8, 4) is 0 Å². The summed E-state index contributed by atoms with van der Waals surface area (Å²) in [6.07, 6.45) is 5.36. The molecule has 1 aromatic heterocycles. The summed E-state index contributed by atoms with van der Waals surface area (Å²) in [4.78, 5) is 21.2. The zero-order valence-electron chi connectivity index (χ0n) is 13.7. The molecule has 3 heterocycles. The Kier molecular flexibility index (Phi) is 4.53. The molecule has 5 nitrogen and oxygen atoms in total. The lowest BCUT2D eigenvalue weighted by molar-refractivity contribution is -0.113. The van der Waals surface area contributed by atoms with Gasteiger partial charge in [-0.25, -0.2) is 0 Å². The maximum atomic E-state index is 13.1. The van der Waals surface area contributed by atoms with Crippen LogP contribution in [0.5, 0.6) is 0 Å². The van der Waals surface area contributed by atoms with Gasteiger partial charge < -0.3 is 4.74 Å². The van der Waals surface area contributed by atoms with E-state index in [0.29, 0.717) is 30.5 Å². The van der Waals surface area contributed by atoms with Crippen molar-refractivity contribution in [3.63, 3.8) is 0 Å². The number of aromatic nitrogens is 1. The van der Waals surface area contributed by atoms with E-state index in [9.17, 15) is 4.79 Å². The lowest BCUT2D eigenvalue weighted by Crippen LogP contribution is -2.45. The minimum atomic E-state index is -0.00684. The number of carbonyl (C=O) groups excluding carboxylic acids is 1. The minimum absolute atomic E-state index is 0.00684. The maximum absolute atomic E-state index is 13.1. The second-order valence-electron chi connectivity index (χ2n) is 6.11. The summed E-state index contributed by atoms with van der Waals surface area (Å²) in [5, 5.41) is 0.626. The molecule has 0 atom stereocenters. The molecule has 1 aromatic carbocycles. The number of pyridine rings is 1. The van der Waals surface area contributed by atoms with Gasteiger partial charge >= 0.3 is 0 Å². The Morgan fingerprint density at radius 2 is 2.08 bits per heavy atom. The Morgan fingerprint density at radius 3 is 2.84 bits per heavy atom. The topological polar surface area (TPSA) is 45.7 Å². The number of hydrogen-bond donors (Lipinski definition) is 0. The molecular weight excluding hydrogens is 338 g/mol. The molecule has 4 rings (SSSR count). The fourth-order valence-electron chi connectivity index (χ4n) is 3.18. The van der Waals surface area contributed by atoms with Gasteiger partial charge in [-0.1, -0.05) is 23.7 Å². The molecular formula is C19H18ClN3O2. The third kappa shape index (κ3) is 3.31. The van der Waals surface area contributed by atoms with Crippen molar-refractivity contribution in [2.75, 3.05) is 37.9 Å². The third-order valence-electron chi connectivity index (χ3n) is 4.46. The summed E-state index contributed by atoms with van der Waals surface area (Å²) in [5.74, 6) is -0.00684. The highest BCUT2D eigenvalue weighted by molar-refractivity contribution is 6.37. The molecule has 25 heavy (non-hydrogen) atoms. The number of hydrogen-bond acceptors (Lipinski definition) is 4. The Hall–Kier alpha value is -2.21. The van der Waals surface area contributed by atoms with E-state index in [1.54, 1.807) is 17.3 Å². The summed E-state index contributed by atoms with van der Waals surface area (Å²) in [5.41, 5.74) is 3.35. The molecule has 2 aromatic rings. The van der Waals surface area contributed by atoms with Crippen molar-refractivity contribution in [1.29, 1.82) is 0 Å². The molecule has 128 valence electrons. The van der Waals surface area contributed by atoms with E-state index in [1.807, 2.05) is 36.4 Å². The number of fused-ring (bicyclic) bond motifs is 1. The SMILES string of the molecule is O=C1C(=Cc2cccnc2)c2ccc(Cl)cc2N1CN1CCOCC1. The first kappa shape index (κ1) is 16.3. The Morgan fingerprint density at radius 1 is 1.24 bits per heavy atom. The summed E-state index contributed by atoms with van der Waals surface area (Å²) in [6, 6.07) is 9.40. The number of amides is 1. The van der Waals surface area contributed by atoms with Gasteiger partial charge in [-0.3, -0.25) is 19.6 Å². The maximum Gasteiger partial charge on any atom is 0.260 e. The summed E-state index contributed by atoms with van der Waals surface area (Å²) in [7, 11) is 0. The van der Waals surface area contributed by atoms with Crippen LogP contribution in [0, 0.1) is 0 Å². The van der Waals surface area contributed by atoms with Gasteiger partial charge in [0, 0.05) is 41.6 Å². The highest BCUT2D eigenvalue weighted by Crippen LogP contribution is 2.39. The molecule has 1 fully saturated rings. The van der Waals surface area contributed by atoms with E-state index in [-0.39, 0.29) is 5.91 Å². The molecule has 0 spiro atoms. The molecule has 0 bridgehead atoms. The number of anilines is 1. The minimum Gasteiger partial charge on any atom is -0.379 e. The van der Waals surface area contributed by atoms with Crippen LogP contribution in [0.15, 0.2) is 42.7 Å². The fraction of sp³-hybridized carbons (Fsp3) is 0.263. The zero-order valence-corrected chi connectivity index (χ0v) is 14.4. The van der Waals surface area contributed by atoms with Gasteiger partial charge in [-0.15, -0.1) is 0 Å². The first-order valence-electron chi connectivity index (χ1n) is 8.26. The third-order valence-corrected chi connectivity index (χ3v) is 4.69. The Bertz CT molecular complexity index is 817. The molecule has 0 N–H and O–H groups in total. The van der Waals surface area contributed by atoms with Gasteiger partial charge in [0.1, 0.15) is 0 Å². The molecule has 2 aliphatic heterocycles. The van der Waals surface area contributed by atoms with Crippen LogP contribution in [0.3, 0.4) is 0 Å². The quantitative estimate of drug-likeness (QED) is 0.794. The van der Waals surface area contributed by atoms with Gasteiger partial charge in [0.25, 0.3) is 5.91 Å². The van der Waals surface area contributed by atoms with Gasteiger partial charge in [0.05, 0.1) is 25.6 Å². The molecule has 1 amide bonds. The van der Waals surface area contributed by atoms with Crippen LogP contribution in [-0.4, -0.2) is 48.8 Å². The van der Waals surface area contributed by atoms with Crippen molar-refractivity contribution < 1.29 is 9.53 Å². The number of nitrogens with zero attached hydrogens (tertiary/aromatic N) is 3. The Labute approximate surface area is 151 Å². The number of halogens is 1. The Balaban J connectivity index is 1.71. The highest BCUT2D eigenvalue weighted by atomic mass is 35.5. The van der Waals surface area contributed by atoms with Crippen molar-refractivity contribution in [3.05, 3.63) is 58.9 Å². The molecule has 0 aliphatic carbocycles. The van der Waals surface area contributed by atoms with E-state index < -0.39 is 0 Å². The summed E-state index contributed by atoms with van der Waals surface area (Å²) >= 11 is 6.19. The smallest absolute Gasteiger partial charge is 0.260 e. The number of rotatable bonds is 3. The van der Waals surface area contributed by atoms with Crippen LogP contribution in [0.25, 0.3) is 11.6 Å². The molecule has 0 saturated carbocycles. The monoisotopic (exact) mass is 355 g/mol. The lowest BCUT2D eigenvalue weighted by Gasteiger charge is -2.30.